The van der Waals surface area contributed by atoms with Crippen molar-refractivity contribution in [2.75, 3.05) is 0 Å². The van der Waals surface area contributed by atoms with Crippen LogP contribution in [-0.2, 0) is 16.0 Å². The van der Waals surface area contributed by atoms with E-state index in [1.54, 1.807) is 18.3 Å². The lowest BCUT2D eigenvalue weighted by atomic mass is 9.99. The van der Waals surface area contributed by atoms with Crippen LogP contribution < -0.4 is 0 Å². The van der Waals surface area contributed by atoms with Gasteiger partial charge >= 0.3 is 5.97 Å². The number of carbonyl (C=O) groups excluding carboxylic acids is 2. The first-order valence-electron chi connectivity index (χ1n) is 9.81. The van der Waals surface area contributed by atoms with Gasteiger partial charge in [0.25, 0.3) is 0 Å². The summed E-state index contributed by atoms with van der Waals surface area (Å²) in [5.74, 6) is -0.0174. The molecule has 2 aromatic heterocycles. The molecule has 0 aliphatic heterocycles. The molecule has 4 rings (SSSR count). The highest BCUT2D eigenvalue weighted by Crippen LogP contribution is 2.28. The Balaban J connectivity index is 1.57. The van der Waals surface area contributed by atoms with E-state index in [1.165, 1.54) is 0 Å². The quantitative estimate of drug-likeness (QED) is 0.352. The molecule has 0 aliphatic rings. The van der Waals surface area contributed by atoms with Gasteiger partial charge in [-0.05, 0) is 26.3 Å². The molecule has 6 nitrogen and oxygen atoms in total. The molecule has 0 aliphatic carbocycles. The number of Topliss-reactive ketones (excluding diaryl/α,β-unsaturated/α-hetero) is 1. The van der Waals surface area contributed by atoms with Crippen molar-refractivity contribution in [3.8, 4) is 0 Å². The van der Waals surface area contributed by atoms with Crippen LogP contribution >= 0.6 is 0 Å². The van der Waals surface area contributed by atoms with Crippen molar-refractivity contribution in [2.45, 2.75) is 32.8 Å². The normalized spacial score (nSPS) is 12.1. The van der Waals surface area contributed by atoms with E-state index in [2.05, 4.69) is 10.1 Å². The fourth-order valence-corrected chi connectivity index (χ4v) is 3.59. The molecule has 6 heteroatoms. The van der Waals surface area contributed by atoms with Crippen LogP contribution in [0.25, 0.3) is 10.9 Å². The Labute approximate surface area is 173 Å². The van der Waals surface area contributed by atoms with Crippen molar-refractivity contribution in [1.29, 1.82) is 0 Å². The molecule has 0 saturated heterocycles. The van der Waals surface area contributed by atoms with Gasteiger partial charge < -0.3 is 14.2 Å². The highest BCUT2D eigenvalue weighted by atomic mass is 16.5. The summed E-state index contributed by atoms with van der Waals surface area (Å²) in [6.45, 7) is 3.65. The third kappa shape index (κ3) is 3.89. The van der Waals surface area contributed by atoms with Crippen LogP contribution in [-0.4, -0.2) is 21.9 Å². The fourth-order valence-electron chi connectivity index (χ4n) is 3.59. The summed E-state index contributed by atoms with van der Waals surface area (Å²) in [4.78, 5) is 29.1. The van der Waals surface area contributed by atoms with E-state index < -0.39 is 12.1 Å². The van der Waals surface area contributed by atoms with Gasteiger partial charge in [0.2, 0.25) is 5.78 Å². The number of nitrogens with one attached hydrogen (secondary N) is 1. The molecule has 0 saturated carbocycles. The van der Waals surface area contributed by atoms with Crippen LogP contribution in [0.3, 0.4) is 0 Å². The van der Waals surface area contributed by atoms with Gasteiger partial charge in [0.1, 0.15) is 5.76 Å². The van der Waals surface area contributed by atoms with E-state index in [0.717, 1.165) is 22.2 Å². The predicted octanol–water partition coefficient (Wildman–Crippen LogP) is 4.87. The minimum atomic E-state index is -1.01. The Bertz CT molecular complexity index is 1170. The second kappa shape index (κ2) is 8.37. The zero-order valence-electron chi connectivity index (χ0n) is 16.8. The van der Waals surface area contributed by atoms with Gasteiger partial charge in [0.15, 0.2) is 6.10 Å². The van der Waals surface area contributed by atoms with Gasteiger partial charge in [-0.3, -0.25) is 9.59 Å². The average Bonchev–Trinajstić information content (AvgIpc) is 3.34. The Morgan fingerprint density at radius 2 is 1.80 bits per heavy atom. The zero-order valence-corrected chi connectivity index (χ0v) is 16.8. The molecule has 2 aromatic carbocycles. The van der Waals surface area contributed by atoms with Crippen molar-refractivity contribution in [1.82, 2.24) is 10.1 Å². The number of ketones is 1. The summed E-state index contributed by atoms with van der Waals surface area (Å²) in [6.07, 6.45) is 1.24. The van der Waals surface area contributed by atoms with Crippen LogP contribution in [0.5, 0.6) is 0 Å². The Morgan fingerprint density at radius 1 is 1.07 bits per heavy atom. The standard InChI is InChI=1S/C24H22N2O4/c1-15-18(16(2)30-26-15)12-13-22(27)29-24(17-8-4-3-5-9-17)23(28)20-14-25-21-11-7-6-10-19(20)21/h3-11,14,24-25H,12-13H2,1-2H3/t24-/m1/s1. The fraction of sp³-hybridized carbons (Fsp3) is 0.208. The van der Waals surface area contributed by atoms with Crippen molar-refractivity contribution in [3.63, 3.8) is 0 Å². The van der Waals surface area contributed by atoms with Gasteiger partial charge in [-0.2, -0.15) is 0 Å². The highest BCUT2D eigenvalue weighted by Gasteiger charge is 2.28. The van der Waals surface area contributed by atoms with E-state index in [-0.39, 0.29) is 12.2 Å². The zero-order chi connectivity index (χ0) is 21.1. The highest BCUT2D eigenvalue weighted by molar-refractivity contribution is 6.10. The number of aryl methyl sites for hydroxylation is 2. The second-order valence-corrected chi connectivity index (χ2v) is 7.20. The molecule has 0 radical (unpaired) electrons. The number of para-hydroxylation sites is 1. The Hall–Kier alpha value is -3.67. The molecule has 0 amide bonds. The largest absolute Gasteiger partial charge is 0.449 e. The summed E-state index contributed by atoms with van der Waals surface area (Å²) < 4.78 is 10.8. The molecule has 0 unspecified atom stereocenters. The summed E-state index contributed by atoms with van der Waals surface area (Å²) in [6, 6.07) is 16.6. The van der Waals surface area contributed by atoms with Gasteiger partial charge in [-0.1, -0.05) is 53.7 Å². The number of hydrogen-bond acceptors (Lipinski definition) is 5. The van der Waals surface area contributed by atoms with Gasteiger partial charge in [-0.15, -0.1) is 0 Å². The number of benzene rings is 2. The lowest BCUT2D eigenvalue weighted by molar-refractivity contribution is -0.147. The number of rotatable bonds is 7. The van der Waals surface area contributed by atoms with Gasteiger partial charge in [0, 0.05) is 40.2 Å². The van der Waals surface area contributed by atoms with Gasteiger partial charge in [-0.25, -0.2) is 0 Å². The second-order valence-electron chi connectivity index (χ2n) is 7.20. The van der Waals surface area contributed by atoms with Crippen molar-refractivity contribution in [3.05, 3.63) is 88.9 Å². The van der Waals surface area contributed by atoms with Crippen LogP contribution in [0, 0.1) is 13.8 Å². The number of hydrogen-bond donors (Lipinski definition) is 1. The van der Waals surface area contributed by atoms with Crippen LogP contribution in [0.15, 0.2) is 65.3 Å². The molecule has 0 fully saturated rings. The Morgan fingerprint density at radius 3 is 2.53 bits per heavy atom. The van der Waals surface area contributed by atoms with Crippen molar-refractivity contribution in [2.24, 2.45) is 0 Å². The minimum Gasteiger partial charge on any atom is -0.449 e. The number of nitrogens with zero attached hydrogens (tertiary/aromatic N) is 1. The third-order valence-corrected chi connectivity index (χ3v) is 5.20. The minimum absolute atomic E-state index is 0.132. The molecule has 30 heavy (non-hydrogen) atoms. The molecule has 152 valence electrons. The van der Waals surface area contributed by atoms with Crippen molar-refractivity contribution >= 4 is 22.7 Å². The summed E-state index contributed by atoms with van der Waals surface area (Å²) in [5, 5.41) is 4.71. The molecular weight excluding hydrogens is 380 g/mol. The average molecular weight is 402 g/mol. The first kappa shape index (κ1) is 19.6. The number of carbonyl (C=O) groups is 2. The van der Waals surface area contributed by atoms with Crippen LogP contribution in [0.4, 0.5) is 0 Å². The molecule has 1 N–H and O–H groups in total. The van der Waals surface area contributed by atoms with E-state index in [4.69, 9.17) is 9.26 Å². The number of ether oxygens (including phenoxy) is 1. The number of aromatic amines is 1. The third-order valence-electron chi connectivity index (χ3n) is 5.20. The number of fused-ring (bicyclic) bond motifs is 1. The predicted molar refractivity (Wildman–Crippen MR) is 112 cm³/mol. The monoisotopic (exact) mass is 402 g/mol. The van der Waals surface area contributed by atoms with E-state index in [1.807, 2.05) is 56.3 Å². The topological polar surface area (TPSA) is 85.2 Å². The van der Waals surface area contributed by atoms with Crippen LogP contribution in [0.2, 0.25) is 0 Å². The first-order valence-corrected chi connectivity index (χ1v) is 9.81. The summed E-state index contributed by atoms with van der Waals surface area (Å²) in [7, 11) is 0. The van der Waals surface area contributed by atoms with Crippen LogP contribution in [0.1, 0.15) is 45.5 Å². The van der Waals surface area contributed by atoms with Gasteiger partial charge in [0.05, 0.1) is 5.69 Å². The molecular formula is C24H22N2O4. The van der Waals surface area contributed by atoms with E-state index >= 15 is 0 Å². The van der Waals surface area contributed by atoms with Crippen molar-refractivity contribution < 1.29 is 18.8 Å². The summed E-state index contributed by atoms with van der Waals surface area (Å²) >= 11 is 0. The number of H-pyrrole nitrogens is 1. The SMILES string of the molecule is Cc1noc(C)c1CCC(=O)O[C@@H](C(=O)c1c[nH]c2ccccc12)c1ccccc1. The maximum absolute atomic E-state index is 13.4. The maximum atomic E-state index is 13.4. The number of aromatic nitrogens is 2. The lowest BCUT2D eigenvalue weighted by Crippen LogP contribution is -2.20. The smallest absolute Gasteiger partial charge is 0.307 e. The van der Waals surface area contributed by atoms with E-state index in [0.29, 0.717) is 23.3 Å². The first-order chi connectivity index (χ1) is 14.5. The lowest BCUT2D eigenvalue weighted by Gasteiger charge is -2.17. The molecule has 2 heterocycles. The molecule has 1 atom stereocenters. The maximum Gasteiger partial charge on any atom is 0.307 e. The molecule has 4 aromatic rings. The number of esters is 1. The van der Waals surface area contributed by atoms with E-state index in [9.17, 15) is 9.59 Å². The molecule has 0 spiro atoms. The summed E-state index contributed by atoms with van der Waals surface area (Å²) in [5.41, 5.74) is 3.65. The Kier molecular flexibility index (Phi) is 5.48. The molecule has 0 bridgehead atoms.